The minimum absolute atomic E-state index is 0.0407. The molecular formula is C27H22N2O2. The first-order valence-electron chi connectivity index (χ1n) is 10.0. The molecule has 4 rings (SSSR count). The number of aromatic nitrogens is 1. The second-order valence-electron chi connectivity index (χ2n) is 7.04. The van der Waals surface area contributed by atoms with Gasteiger partial charge in [-0.15, -0.1) is 0 Å². The number of para-hydroxylation sites is 2. The highest BCUT2D eigenvalue weighted by Crippen LogP contribution is 2.31. The van der Waals surface area contributed by atoms with Crippen molar-refractivity contribution in [3.05, 3.63) is 126 Å². The van der Waals surface area contributed by atoms with Crippen molar-refractivity contribution in [2.24, 2.45) is 0 Å². The Hall–Kier alpha value is -4.18. The topological polar surface area (TPSA) is 53.4 Å². The standard InChI is InChI=1S/C27H22N2O2/c30-26-17-8-7-16-25(26)29(20-23-15-9-10-18-28-23)27(31)24(22-13-5-2-6-14-22)19-21-11-3-1-4-12-21/h1-19,30H,20H2/b24-19-. The fourth-order valence-corrected chi connectivity index (χ4v) is 3.36. The zero-order valence-corrected chi connectivity index (χ0v) is 16.9. The average Bonchev–Trinajstić information content (AvgIpc) is 2.83. The number of anilines is 1. The molecule has 0 radical (unpaired) electrons. The summed E-state index contributed by atoms with van der Waals surface area (Å²) in [7, 11) is 0. The van der Waals surface area contributed by atoms with E-state index in [1.54, 1.807) is 35.4 Å². The summed E-state index contributed by atoms with van der Waals surface area (Å²) in [5.74, 6) is -0.180. The highest BCUT2D eigenvalue weighted by molar-refractivity contribution is 6.30. The van der Waals surface area contributed by atoms with Crippen molar-refractivity contribution < 1.29 is 9.90 Å². The zero-order chi connectivity index (χ0) is 21.5. The number of benzene rings is 3. The molecule has 0 atom stereocenters. The Morgan fingerprint density at radius 1 is 0.806 bits per heavy atom. The van der Waals surface area contributed by atoms with E-state index in [1.807, 2.05) is 84.9 Å². The fourth-order valence-electron chi connectivity index (χ4n) is 3.36. The maximum absolute atomic E-state index is 13.9. The molecule has 4 nitrogen and oxygen atoms in total. The van der Waals surface area contributed by atoms with E-state index >= 15 is 0 Å². The third-order valence-electron chi connectivity index (χ3n) is 4.89. The van der Waals surface area contributed by atoms with E-state index in [0.29, 0.717) is 11.3 Å². The Morgan fingerprint density at radius 2 is 1.45 bits per heavy atom. The Kier molecular flexibility index (Phi) is 6.19. The van der Waals surface area contributed by atoms with Crippen LogP contribution in [0, 0.1) is 0 Å². The van der Waals surface area contributed by atoms with Gasteiger partial charge in [-0.2, -0.15) is 0 Å². The number of rotatable bonds is 6. The van der Waals surface area contributed by atoms with Crippen LogP contribution in [0.25, 0.3) is 11.6 Å². The van der Waals surface area contributed by atoms with E-state index < -0.39 is 0 Å². The third-order valence-corrected chi connectivity index (χ3v) is 4.89. The lowest BCUT2D eigenvalue weighted by atomic mass is 10.0. The zero-order valence-electron chi connectivity index (χ0n) is 16.9. The number of nitrogens with zero attached hydrogens (tertiary/aromatic N) is 2. The molecular weight excluding hydrogens is 384 g/mol. The van der Waals surface area contributed by atoms with Crippen LogP contribution >= 0.6 is 0 Å². The summed E-state index contributed by atoms with van der Waals surface area (Å²) in [6.07, 6.45) is 3.57. The molecule has 0 aliphatic rings. The Morgan fingerprint density at radius 3 is 2.13 bits per heavy atom. The number of phenols is 1. The second-order valence-corrected chi connectivity index (χ2v) is 7.04. The highest BCUT2D eigenvalue weighted by atomic mass is 16.3. The quantitative estimate of drug-likeness (QED) is 0.337. The van der Waals surface area contributed by atoms with Gasteiger partial charge in [0.1, 0.15) is 5.75 Å². The Balaban J connectivity index is 1.82. The van der Waals surface area contributed by atoms with Crippen LogP contribution in [-0.4, -0.2) is 16.0 Å². The summed E-state index contributed by atoms with van der Waals surface area (Å²) < 4.78 is 0. The van der Waals surface area contributed by atoms with Crippen LogP contribution in [0.4, 0.5) is 5.69 Å². The van der Waals surface area contributed by atoms with Crippen LogP contribution in [0.2, 0.25) is 0 Å². The second kappa shape index (κ2) is 9.55. The molecule has 1 aromatic heterocycles. The molecule has 0 bridgehead atoms. The number of hydrogen-bond donors (Lipinski definition) is 1. The van der Waals surface area contributed by atoms with Crippen molar-refractivity contribution in [3.63, 3.8) is 0 Å². The molecule has 1 amide bonds. The van der Waals surface area contributed by atoms with Crippen molar-refractivity contribution in [2.75, 3.05) is 4.90 Å². The summed E-state index contributed by atoms with van der Waals surface area (Å²) in [4.78, 5) is 19.9. The predicted octanol–water partition coefficient (Wildman–Crippen LogP) is 5.56. The number of pyridine rings is 1. The predicted molar refractivity (Wildman–Crippen MR) is 124 cm³/mol. The average molecular weight is 406 g/mol. The summed E-state index contributed by atoms with van der Waals surface area (Å²) in [5, 5.41) is 10.5. The molecule has 31 heavy (non-hydrogen) atoms. The minimum atomic E-state index is -0.220. The first-order valence-corrected chi connectivity index (χ1v) is 10.0. The summed E-state index contributed by atoms with van der Waals surface area (Å²) in [5.41, 5.74) is 3.42. The van der Waals surface area contributed by atoms with E-state index in [2.05, 4.69) is 4.98 Å². The van der Waals surface area contributed by atoms with E-state index in [4.69, 9.17) is 0 Å². The largest absolute Gasteiger partial charge is 0.506 e. The first-order chi connectivity index (χ1) is 15.2. The van der Waals surface area contributed by atoms with Crippen molar-refractivity contribution in [2.45, 2.75) is 6.54 Å². The van der Waals surface area contributed by atoms with Crippen LogP contribution in [0.1, 0.15) is 16.8 Å². The van der Waals surface area contributed by atoms with E-state index in [0.717, 1.165) is 16.8 Å². The summed E-state index contributed by atoms with van der Waals surface area (Å²) in [6, 6.07) is 31.7. The molecule has 0 aliphatic heterocycles. The van der Waals surface area contributed by atoms with Crippen molar-refractivity contribution in [3.8, 4) is 5.75 Å². The van der Waals surface area contributed by atoms with Gasteiger partial charge in [-0.3, -0.25) is 14.7 Å². The molecule has 0 fully saturated rings. The van der Waals surface area contributed by atoms with Crippen LogP contribution in [0.5, 0.6) is 5.75 Å². The number of hydrogen-bond acceptors (Lipinski definition) is 3. The Bertz CT molecular complexity index is 1170. The lowest BCUT2D eigenvalue weighted by Crippen LogP contribution is -2.31. The van der Waals surface area contributed by atoms with Crippen LogP contribution in [-0.2, 0) is 11.3 Å². The van der Waals surface area contributed by atoms with Crippen molar-refractivity contribution in [1.82, 2.24) is 4.98 Å². The smallest absolute Gasteiger partial charge is 0.259 e. The third kappa shape index (κ3) is 4.87. The van der Waals surface area contributed by atoms with E-state index in [1.165, 1.54) is 0 Å². The van der Waals surface area contributed by atoms with E-state index in [-0.39, 0.29) is 18.2 Å². The minimum Gasteiger partial charge on any atom is -0.506 e. The van der Waals surface area contributed by atoms with Gasteiger partial charge in [-0.25, -0.2) is 0 Å². The lowest BCUT2D eigenvalue weighted by molar-refractivity contribution is -0.113. The molecule has 0 saturated heterocycles. The molecule has 4 heteroatoms. The van der Waals surface area contributed by atoms with Crippen LogP contribution in [0.3, 0.4) is 0 Å². The van der Waals surface area contributed by atoms with Gasteiger partial charge < -0.3 is 5.11 Å². The number of carbonyl (C=O) groups excluding carboxylic acids is 1. The molecule has 3 aromatic carbocycles. The fraction of sp³-hybridized carbons (Fsp3) is 0.0370. The summed E-state index contributed by atoms with van der Waals surface area (Å²) in [6.45, 7) is 0.232. The van der Waals surface area contributed by atoms with Crippen LogP contribution < -0.4 is 4.90 Å². The molecule has 1 N–H and O–H groups in total. The van der Waals surface area contributed by atoms with Gasteiger partial charge in [0.15, 0.2) is 0 Å². The van der Waals surface area contributed by atoms with Crippen molar-refractivity contribution in [1.29, 1.82) is 0 Å². The van der Waals surface area contributed by atoms with Gasteiger partial charge in [-0.1, -0.05) is 78.9 Å². The molecule has 0 spiro atoms. The van der Waals surface area contributed by atoms with Crippen molar-refractivity contribution >= 4 is 23.2 Å². The SMILES string of the molecule is O=C(/C(=C\c1ccccc1)c1ccccc1)N(Cc1ccccn1)c1ccccc1O. The Labute approximate surface area is 181 Å². The monoisotopic (exact) mass is 406 g/mol. The van der Waals surface area contributed by atoms with Gasteiger partial charge in [-0.05, 0) is 41.5 Å². The van der Waals surface area contributed by atoms with Gasteiger partial charge in [0.25, 0.3) is 5.91 Å². The maximum Gasteiger partial charge on any atom is 0.259 e. The number of aromatic hydroxyl groups is 1. The van der Waals surface area contributed by atoms with Gasteiger partial charge >= 0.3 is 0 Å². The molecule has 4 aromatic rings. The normalized spacial score (nSPS) is 11.2. The number of phenolic OH excluding ortho intramolecular Hbond substituents is 1. The maximum atomic E-state index is 13.9. The van der Waals surface area contributed by atoms with Crippen LogP contribution in [0.15, 0.2) is 109 Å². The lowest BCUT2D eigenvalue weighted by Gasteiger charge is -2.25. The number of amides is 1. The summed E-state index contributed by atoms with van der Waals surface area (Å²) >= 11 is 0. The first kappa shape index (κ1) is 20.1. The highest BCUT2D eigenvalue weighted by Gasteiger charge is 2.24. The molecule has 0 aliphatic carbocycles. The molecule has 0 unspecified atom stereocenters. The molecule has 152 valence electrons. The van der Waals surface area contributed by atoms with Gasteiger partial charge in [0, 0.05) is 11.8 Å². The molecule has 0 saturated carbocycles. The van der Waals surface area contributed by atoms with Gasteiger partial charge in [0.05, 0.1) is 17.9 Å². The van der Waals surface area contributed by atoms with Gasteiger partial charge in [0.2, 0.25) is 0 Å². The van der Waals surface area contributed by atoms with E-state index in [9.17, 15) is 9.90 Å². The number of carbonyl (C=O) groups is 1. The molecule has 1 heterocycles.